The van der Waals surface area contributed by atoms with Gasteiger partial charge in [-0.1, -0.05) is 13.3 Å². The van der Waals surface area contributed by atoms with Crippen molar-refractivity contribution in [2.45, 2.75) is 32.7 Å². The summed E-state index contributed by atoms with van der Waals surface area (Å²) in [5.41, 5.74) is 1.56. The smallest absolute Gasteiger partial charge is 0.229 e. The highest BCUT2D eigenvalue weighted by Gasteiger charge is 2.20. The Kier molecular flexibility index (Phi) is 5.64. The predicted molar refractivity (Wildman–Crippen MR) is 100 cm³/mol. The normalized spacial score (nSPS) is 17.0. The molecular weight excluding hydrogens is 331 g/mol. The van der Waals surface area contributed by atoms with Crippen LogP contribution in [0.2, 0.25) is 0 Å². The van der Waals surface area contributed by atoms with Crippen LogP contribution >= 0.6 is 0 Å². The van der Waals surface area contributed by atoms with Crippen LogP contribution in [-0.2, 0) is 6.42 Å². The number of hydrogen-bond donors (Lipinski definition) is 2. The van der Waals surface area contributed by atoms with Crippen molar-refractivity contribution in [3.05, 3.63) is 41.3 Å². The molecule has 1 atom stereocenters. The van der Waals surface area contributed by atoms with Gasteiger partial charge in [-0.2, -0.15) is 10.2 Å². The van der Waals surface area contributed by atoms with Gasteiger partial charge >= 0.3 is 0 Å². The molecule has 1 aromatic carbocycles. The molecule has 3 rings (SSSR count). The van der Waals surface area contributed by atoms with Crippen molar-refractivity contribution in [1.82, 2.24) is 15.3 Å². The lowest BCUT2D eigenvalue weighted by molar-refractivity contribution is 0.497. The van der Waals surface area contributed by atoms with Crippen molar-refractivity contribution in [2.75, 3.05) is 29.9 Å². The highest BCUT2D eigenvalue weighted by atomic mass is 19.1. The van der Waals surface area contributed by atoms with Gasteiger partial charge in [0.15, 0.2) is 0 Å². The van der Waals surface area contributed by atoms with Gasteiger partial charge in [-0.05, 0) is 31.5 Å². The average Bonchev–Trinajstić information content (AvgIpc) is 2.64. The number of anilines is 3. The molecule has 0 aliphatic carbocycles. The number of hydrogen-bond acceptors (Lipinski definition) is 6. The van der Waals surface area contributed by atoms with Gasteiger partial charge < -0.3 is 15.5 Å². The van der Waals surface area contributed by atoms with E-state index in [0.29, 0.717) is 17.7 Å². The molecule has 0 unspecified atom stereocenters. The molecule has 136 valence electrons. The first-order valence-electron chi connectivity index (χ1n) is 8.92. The second-order valence-corrected chi connectivity index (χ2v) is 6.47. The van der Waals surface area contributed by atoms with E-state index in [1.54, 1.807) is 6.07 Å². The van der Waals surface area contributed by atoms with Crippen molar-refractivity contribution < 1.29 is 4.39 Å². The van der Waals surface area contributed by atoms with Gasteiger partial charge in [-0.15, -0.1) is 0 Å². The molecule has 7 heteroatoms. The van der Waals surface area contributed by atoms with Crippen LogP contribution in [0.1, 0.15) is 31.5 Å². The zero-order chi connectivity index (χ0) is 18.5. The predicted octanol–water partition coefficient (Wildman–Crippen LogP) is 2.98. The minimum atomic E-state index is -0.533. The van der Waals surface area contributed by atoms with Crippen molar-refractivity contribution in [3.8, 4) is 6.07 Å². The van der Waals surface area contributed by atoms with Gasteiger partial charge in [-0.25, -0.2) is 9.37 Å². The van der Waals surface area contributed by atoms with E-state index in [2.05, 4.69) is 39.3 Å². The molecule has 0 saturated carbocycles. The van der Waals surface area contributed by atoms with Gasteiger partial charge in [0.25, 0.3) is 0 Å². The summed E-state index contributed by atoms with van der Waals surface area (Å²) < 4.78 is 13.5. The van der Waals surface area contributed by atoms with Crippen LogP contribution in [0.15, 0.2) is 24.3 Å². The molecule has 26 heavy (non-hydrogen) atoms. The third-order valence-corrected chi connectivity index (χ3v) is 4.41. The average molecular weight is 354 g/mol. The fraction of sp³-hybridized carbons (Fsp3) is 0.421. The SMILES string of the molecule is CCCc1cc(N2CCNC[C@H]2C)nc(Nc2ccc(F)c(C#N)c2)n1. The molecule has 0 amide bonds. The number of aromatic nitrogens is 2. The monoisotopic (exact) mass is 354 g/mol. The van der Waals surface area contributed by atoms with Crippen LogP contribution in [0.4, 0.5) is 21.8 Å². The summed E-state index contributed by atoms with van der Waals surface area (Å²) in [6.07, 6.45) is 1.85. The van der Waals surface area contributed by atoms with Crippen LogP contribution in [0.5, 0.6) is 0 Å². The van der Waals surface area contributed by atoms with Gasteiger partial charge in [0.2, 0.25) is 5.95 Å². The summed E-state index contributed by atoms with van der Waals surface area (Å²) >= 11 is 0. The zero-order valence-electron chi connectivity index (χ0n) is 15.1. The summed E-state index contributed by atoms with van der Waals surface area (Å²) in [6, 6.07) is 8.57. The van der Waals surface area contributed by atoms with E-state index in [9.17, 15) is 4.39 Å². The van der Waals surface area contributed by atoms with Crippen LogP contribution in [0.25, 0.3) is 0 Å². The van der Waals surface area contributed by atoms with E-state index < -0.39 is 5.82 Å². The van der Waals surface area contributed by atoms with E-state index in [0.717, 1.165) is 44.0 Å². The lowest BCUT2D eigenvalue weighted by Crippen LogP contribution is -2.50. The molecule has 1 aliphatic heterocycles. The highest BCUT2D eigenvalue weighted by molar-refractivity contribution is 5.58. The number of nitrogens with one attached hydrogen (secondary N) is 2. The van der Waals surface area contributed by atoms with Crippen LogP contribution < -0.4 is 15.5 Å². The van der Waals surface area contributed by atoms with Crippen LogP contribution in [-0.4, -0.2) is 35.6 Å². The number of halogens is 1. The minimum absolute atomic E-state index is 0.00402. The molecule has 2 heterocycles. The standard InChI is InChI=1S/C19H23FN6/c1-3-4-15-10-18(26-8-7-22-12-13(26)2)25-19(23-15)24-16-5-6-17(20)14(9-16)11-21/h5-6,9-10,13,22H,3-4,7-8,12H2,1-2H3,(H,23,24,25)/t13-/m1/s1. The highest BCUT2D eigenvalue weighted by Crippen LogP contribution is 2.22. The van der Waals surface area contributed by atoms with Crippen LogP contribution in [0, 0.1) is 17.1 Å². The number of benzene rings is 1. The molecule has 2 aromatic rings. The quantitative estimate of drug-likeness (QED) is 0.860. The largest absolute Gasteiger partial charge is 0.351 e. The van der Waals surface area contributed by atoms with Gasteiger partial charge in [0.1, 0.15) is 17.7 Å². The molecule has 1 aromatic heterocycles. The molecule has 0 radical (unpaired) electrons. The fourth-order valence-electron chi connectivity index (χ4n) is 3.07. The van der Waals surface area contributed by atoms with Crippen molar-refractivity contribution in [1.29, 1.82) is 5.26 Å². The molecule has 0 bridgehead atoms. The lowest BCUT2D eigenvalue weighted by Gasteiger charge is -2.35. The maximum atomic E-state index is 13.5. The first-order valence-corrected chi connectivity index (χ1v) is 8.92. The second-order valence-electron chi connectivity index (χ2n) is 6.47. The Labute approximate surface area is 153 Å². The third kappa shape index (κ3) is 4.09. The zero-order valence-corrected chi connectivity index (χ0v) is 15.1. The molecule has 6 nitrogen and oxygen atoms in total. The first-order chi connectivity index (χ1) is 12.6. The summed E-state index contributed by atoms with van der Waals surface area (Å²) in [6.45, 7) is 7.00. The minimum Gasteiger partial charge on any atom is -0.351 e. The van der Waals surface area contributed by atoms with Gasteiger partial charge in [-0.3, -0.25) is 0 Å². The lowest BCUT2D eigenvalue weighted by atomic mass is 10.2. The summed E-state index contributed by atoms with van der Waals surface area (Å²) in [5, 5.41) is 15.5. The molecule has 1 fully saturated rings. The summed E-state index contributed by atoms with van der Waals surface area (Å²) in [4.78, 5) is 11.5. The maximum absolute atomic E-state index is 13.5. The Morgan fingerprint density at radius 3 is 2.96 bits per heavy atom. The maximum Gasteiger partial charge on any atom is 0.229 e. The first kappa shape index (κ1) is 18.1. The molecular formula is C19H23FN6. The van der Waals surface area contributed by atoms with E-state index in [1.807, 2.05) is 12.1 Å². The van der Waals surface area contributed by atoms with E-state index >= 15 is 0 Å². The van der Waals surface area contributed by atoms with Gasteiger partial charge in [0, 0.05) is 43.1 Å². The number of piperazine rings is 1. The van der Waals surface area contributed by atoms with Gasteiger partial charge in [0.05, 0.1) is 5.56 Å². The summed E-state index contributed by atoms with van der Waals surface area (Å²) in [5.74, 6) is 0.823. The Bertz CT molecular complexity index is 816. The van der Waals surface area contributed by atoms with E-state index in [4.69, 9.17) is 5.26 Å². The van der Waals surface area contributed by atoms with Crippen molar-refractivity contribution in [2.24, 2.45) is 0 Å². The topological polar surface area (TPSA) is 76.9 Å². The second kappa shape index (κ2) is 8.11. The van der Waals surface area contributed by atoms with E-state index in [-0.39, 0.29) is 5.56 Å². The Hall–Kier alpha value is -2.72. The Morgan fingerprint density at radius 1 is 1.38 bits per heavy atom. The number of nitrogens with zero attached hydrogens (tertiary/aromatic N) is 4. The molecule has 0 spiro atoms. The molecule has 2 N–H and O–H groups in total. The number of aryl methyl sites for hydroxylation is 1. The third-order valence-electron chi connectivity index (χ3n) is 4.41. The fourth-order valence-corrected chi connectivity index (χ4v) is 3.07. The number of rotatable bonds is 5. The van der Waals surface area contributed by atoms with Crippen molar-refractivity contribution in [3.63, 3.8) is 0 Å². The van der Waals surface area contributed by atoms with Crippen LogP contribution in [0.3, 0.4) is 0 Å². The van der Waals surface area contributed by atoms with E-state index in [1.165, 1.54) is 12.1 Å². The Balaban J connectivity index is 1.92. The number of nitriles is 1. The Morgan fingerprint density at radius 2 is 2.23 bits per heavy atom. The van der Waals surface area contributed by atoms with Crippen molar-refractivity contribution >= 4 is 17.5 Å². The molecule has 1 aliphatic rings. The summed E-state index contributed by atoms with van der Waals surface area (Å²) in [7, 11) is 0. The molecule has 1 saturated heterocycles.